The fraction of sp³-hybridized carbons (Fsp3) is 0.148. The van der Waals surface area contributed by atoms with E-state index in [0.717, 1.165) is 0 Å². The van der Waals surface area contributed by atoms with Crippen LogP contribution in [0.3, 0.4) is 0 Å². The van der Waals surface area contributed by atoms with E-state index in [1.165, 1.54) is 64.5 Å². The number of hydrogen-bond donors (Lipinski definition) is 0. The Labute approximate surface area is 361 Å². The van der Waals surface area contributed by atoms with Crippen LogP contribution >= 0.6 is 15.8 Å². The second-order valence-electron chi connectivity index (χ2n) is 16.4. The van der Waals surface area contributed by atoms with Crippen molar-refractivity contribution in [3.63, 3.8) is 0 Å². The Hall–Kier alpha value is -6.12. The first-order valence-corrected chi connectivity index (χ1v) is 23.0. The average molecular weight is 841 g/mol. The molecule has 0 aromatic heterocycles. The average Bonchev–Trinajstić information content (AvgIpc) is 3.24. The van der Waals surface area contributed by atoms with Crippen LogP contribution in [0.1, 0.15) is 41.5 Å². The molecule has 8 aromatic rings. The van der Waals surface area contributed by atoms with E-state index in [1.54, 1.807) is 41.5 Å². The van der Waals surface area contributed by atoms with Gasteiger partial charge in [-0.05, 0) is 122 Å². The molecule has 0 spiro atoms. The molecule has 0 bridgehead atoms. The Morgan fingerprint density at radius 2 is 0.639 bits per heavy atom. The highest BCUT2D eigenvalue weighted by Crippen LogP contribution is 2.45. The Morgan fingerprint density at radius 1 is 0.361 bits per heavy atom. The molecule has 0 saturated carbocycles. The summed E-state index contributed by atoms with van der Waals surface area (Å²) in [6, 6.07) is 71.8. The Kier molecular flexibility index (Phi) is 13.4. The van der Waals surface area contributed by atoms with Crippen molar-refractivity contribution in [2.75, 3.05) is 0 Å². The third-order valence-corrected chi connectivity index (χ3v) is 14.5. The summed E-state index contributed by atoms with van der Waals surface area (Å²) in [5.41, 5.74) is 1.31. The minimum absolute atomic E-state index is 0.695. The second-order valence-corrected chi connectivity index (χ2v) is 20.8. The summed E-state index contributed by atoms with van der Waals surface area (Å²) in [5.74, 6) is 0. The summed E-state index contributed by atoms with van der Waals surface area (Å²) >= 11 is 0. The zero-order valence-electron chi connectivity index (χ0n) is 35.4. The minimum Gasteiger partial charge on any atom is -0.428 e. The van der Waals surface area contributed by atoms with Crippen LogP contribution < -0.4 is 31.8 Å². The topological polar surface area (TPSA) is 61.8 Å². The van der Waals surface area contributed by atoms with Gasteiger partial charge in [0.1, 0.15) is 11.2 Å². The number of carbonyl (C=O) groups excluding carboxylic acids is 2. The maximum absolute atomic E-state index is 11.0. The van der Waals surface area contributed by atoms with Crippen LogP contribution in [0.4, 0.5) is 9.59 Å². The van der Waals surface area contributed by atoms with Crippen molar-refractivity contribution < 1.29 is 23.8 Å². The molecule has 0 fully saturated rings. The number of fused-ring (bicyclic) bond motifs is 2. The zero-order chi connectivity index (χ0) is 43.0. The lowest BCUT2D eigenvalue weighted by Crippen LogP contribution is -2.29. The fourth-order valence-corrected chi connectivity index (χ4v) is 12.1. The molecule has 0 amide bonds. The SMILES string of the molecule is CC(C)(C)OC(=O)OC(=O)OC(C)(C)C.c1ccc(P(c2ccccc2)c2ccc3ccccc3c2-c2c(P(c3ccccc3)c3ccccc3)ccc3ccccc23)cc1. The monoisotopic (exact) mass is 840 g/mol. The molecule has 0 unspecified atom stereocenters. The first-order chi connectivity index (χ1) is 29.4. The summed E-state index contributed by atoms with van der Waals surface area (Å²) in [6.45, 7) is 10.0. The quantitative estimate of drug-likeness (QED) is 0.0909. The Bertz CT molecular complexity index is 2460. The second kappa shape index (κ2) is 19.1. The maximum Gasteiger partial charge on any atom is 0.519 e. The van der Waals surface area contributed by atoms with Crippen LogP contribution in [0.25, 0.3) is 32.7 Å². The third kappa shape index (κ3) is 10.8. The van der Waals surface area contributed by atoms with Gasteiger partial charge in [-0.15, -0.1) is 0 Å². The maximum atomic E-state index is 11.0. The van der Waals surface area contributed by atoms with Crippen LogP contribution in [0.15, 0.2) is 194 Å². The number of rotatable bonds is 7. The largest absolute Gasteiger partial charge is 0.519 e. The smallest absolute Gasteiger partial charge is 0.428 e. The normalized spacial score (nSPS) is 11.5. The number of hydrogen-bond acceptors (Lipinski definition) is 5. The van der Waals surface area contributed by atoms with Gasteiger partial charge in [-0.2, -0.15) is 0 Å². The third-order valence-electron chi connectivity index (χ3n) is 9.55. The Balaban J connectivity index is 0.000000321. The van der Waals surface area contributed by atoms with Gasteiger partial charge >= 0.3 is 12.3 Å². The van der Waals surface area contributed by atoms with E-state index in [-0.39, 0.29) is 0 Å². The van der Waals surface area contributed by atoms with E-state index in [1.807, 2.05) is 0 Å². The highest BCUT2D eigenvalue weighted by atomic mass is 31.1. The highest BCUT2D eigenvalue weighted by Gasteiger charge is 2.28. The molecule has 306 valence electrons. The molecule has 0 aliphatic heterocycles. The lowest BCUT2D eigenvalue weighted by atomic mass is 9.93. The molecule has 61 heavy (non-hydrogen) atoms. The van der Waals surface area contributed by atoms with Gasteiger partial charge in [0.2, 0.25) is 0 Å². The summed E-state index contributed by atoms with van der Waals surface area (Å²) < 4.78 is 13.8. The molecular weight excluding hydrogens is 791 g/mol. The van der Waals surface area contributed by atoms with E-state index in [0.29, 0.717) is 0 Å². The van der Waals surface area contributed by atoms with Gasteiger partial charge < -0.3 is 14.2 Å². The number of carbonyl (C=O) groups is 2. The van der Waals surface area contributed by atoms with Crippen LogP contribution in [-0.2, 0) is 14.2 Å². The van der Waals surface area contributed by atoms with Gasteiger partial charge in [0.15, 0.2) is 0 Å². The van der Waals surface area contributed by atoms with Gasteiger partial charge in [-0.1, -0.05) is 194 Å². The first kappa shape index (κ1) is 43.0. The van der Waals surface area contributed by atoms with Gasteiger partial charge in [-0.25, -0.2) is 9.59 Å². The molecule has 8 rings (SSSR count). The van der Waals surface area contributed by atoms with Crippen LogP contribution in [0.5, 0.6) is 0 Å². The van der Waals surface area contributed by atoms with Crippen molar-refractivity contribution in [1.29, 1.82) is 0 Å². The van der Waals surface area contributed by atoms with E-state index >= 15 is 0 Å². The summed E-state index contributed by atoms with van der Waals surface area (Å²) in [4.78, 5) is 22.0. The van der Waals surface area contributed by atoms with Gasteiger partial charge in [0.05, 0.1) is 0 Å². The van der Waals surface area contributed by atoms with Crippen molar-refractivity contribution in [2.45, 2.75) is 52.7 Å². The molecule has 0 saturated heterocycles. The van der Waals surface area contributed by atoms with Gasteiger partial charge in [0.25, 0.3) is 0 Å². The van der Waals surface area contributed by atoms with Crippen molar-refractivity contribution in [2.24, 2.45) is 0 Å². The standard InChI is InChI=1S/C44H32P2.C10H18O5/c1-5-19-35(20-6-1)45(36-21-7-2-8-22-36)41-31-29-33-17-13-15-27-39(33)43(41)44-40-28-16-14-18-34(40)30-32-42(44)46(37-23-9-3-10-24-37)38-25-11-4-12-26-38;1-9(2,3)14-7(11)13-8(12)15-10(4,5)6/h1-32H;1-6H3. The predicted molar refractivity (Wildman–Crippen MR) is 258 cm³/mol. The molecule has 8 aromatic carbocycles. The number of ether oxygens (including phenoxy) is 3. The molecule has 0 N–H and O–H groups in total. The molecule has 0 radical (unpaired) electrons. The molecule has 0 aliphatic carbocycles. The van der Waals surface area contributed by atoms with E-state index in [4.69, 9.17) is 9.47 Å². The molecule has 5 nitrogen and oxygen atoms in total. The van der Waals surface area contributed by atoms with Crippen molar-refractivity contribution in [1.82, 2.24) is 0 Å². The summed E-state index contributed by atoms with van der Waals surface area (Å²) in [5, 5.41) is 13.3. The summed E-state index contributed by atoms with van der Waals surface area (Å²) in [6.07, 6.45) is -2.12. The minimum atomic E-state index is -1.06. The first-order valence-electron chi connectivity index (χ1n) is 20.3. The lowest BCUT2D eigenvalue weighted by molar-refractivity contribution is -0.0293. The fourth-order valence-electron chi connectivity index (χ4n) is 7.19. The van der Waals surface area contributed by atoms with Crippen molar-refractivity contribution in [3.8, 4) is 11.1 Å². The van der Waals surface area contributed by atoms with E-state index in [2.05, 4.69) is 199 Å². The molecule has 0 aliphatic rings. The van der Waals surface area contributed by atoms with Crippen molar-refractivity contribution in [3.05, 3.63) is 194 Å². The van der Waals surface area contributed by atoms with Gasteiger partial charge in [0, 0.05) is 0 Å². The molecule has 7 heteroatoms. The van der Waals surface area contributed by atoms with Crippen LogP contribution in [-0.4, -0.2) is 23.5 Å². The van der Waals surface area contributed by atoms with Crippen molar-refractivity contribution >= 4 is 81.5 Å². The van der Waals surface area contributed by atoms with Crippen LogP contribution in [0, 0.1) is 0 Å². The predicted octanol–water partition coefficient (Wildman–Crippen LogP) is 12.0. The van der Waals surface area contributed by atoms with E-state index < -0.39 is 39.4 Å². The van der Waals surface area contributed by atoms with E-state index in [9.17, 15) is 9.59 Å². The molecule has 0 atom stereocenters. The Morgan fingerprint density at radius 3 is 0.934 bits per heavy atom. The lowest BCUT2D eigenvalue weighted by Gasteiger charge is -2.28. The van der Waals surface area contributed by atoms with Crippen LogP contribution in [0.2, 0.25) is 0 Å². The highest BCUT2D eigenvalue weighted by molar-refractivity contribution is 7.80. The molecular formula is C54H50O5P2. The summed E-state index contributed by atoms with van der Waals surface area (Å²) in [7, 11) is -1.70. The molecule has 0 heterocycles. The zero-order valence-corrected chi connectivity index (χ0v) is 37.2. The number of benzene rings is 8. The van der Waals surface area contributed by atoms with Gasteiger partial charge in [-0.3, -0.25) is 0 Å².